The van der Waals surface area contributed by atoms with E-state index >= 15 is 0 Å². The van der Waals surface area contributed by atoms with Crippen molar-refractivity contribution in [3.8, 4) is 0 Å². The first-order chi connectivity index (χ1) is 7.42. The summed E-state index contributed by atoms with van der Waals surface area (Å²) in [5.74, 6) is -0.436. The maximum absolute atomic E-state index is 11.1. The smallest absolute Gasteiger partial charge is 0.339 e. The number of carboxylic acid groups (broad SMARTS) is 1. The molecular formula is C12H16N2O2. The molecule has 1 heterocycles. The molecule has 2 N–H and O–H groups in total. The molecule has 0 aromatic carbocycles. The summed E-state index contributed by atoms with van der Waals surface area (Å²) in [6.07, 6.45) is 2.70. The molecule has 1 saturated carbocycles. The van der Waals surface area contributed by atoms with Crippen LogP contribution in [0.3, 0.4) is 0 Å². The van der Waals surface area contributed by atoms with Gasteiger partial charge in [-0.2, -0.15) is 0 Å². The van der Waals surface area contributed by atoms with E-state index in [1.807, 2.05) is 0 Å². The van der Waals surface area contributed by atoms with Gasteiger partial charge in [-0.3, -0.25) is 0 Å². The maximum atomic E-state index is 11.1. The number of aromatic nitrogens is 1. The Morgan fingerprint density at radius 3 is 2.75 bits per heavy atom. The minimum atomic E-state index is -0.924. The summed E-state index contributed by atoms with van der Waals surface area (Å²) >= 11 is 0. The molecule has 0 saturated heterocycles. The Balaban J connectivity index is 2.27. The number of carboxylic acids is 1. The molecule has 0 amide bonds. The highest BCUT2D eigenvalue weighted by Crippen LogP contribution is 2.46. The highest BCUT2D eigenvalue weighted by atomic mass is 16.4. The molecule has 4 nitrogen and oxygen atoms in total. The lowest BCUT2D eigenvalue weighted by molar-refractivity contribution is 0.0697. The van der Waals surface area contributed by atoms with Gasteiger partial charge in [0.05, 0.1) is 0 Å². The number of carbonyl (C=O) groups is 1. The van der Waals surface area contributed by atoms with Crippen LogP contribution in [0.25, 0.3) is 0 Å². The van der Waals surface area contributed by atoms with E-state index in [4.69, 9.17) is 5.11 Å². The molecule has 0 aliphatic heterocycles. The maximum Gasteiger partial charge on any atom is 0.339 e. The van der Waals surface area contributed by atoms with Crippen molar-refractivity contribution >= 4 is 11.8 Å². The largest absolute Gasteiger partial charge is 0.478 e. The fourth-order valence-electron chi connectivity index (χ4n) is 1.82. The highest BCUT2D eigenvalue weighted by Gasteiger charge is 2.46. The number of aryl methyl sites for hydroxylation is 1. The second kappa shape index (κ2) is 3.47. The molecule has 1 aliphatic rings. The normalized spacial score (nSPS) is 21.6. The van der Waals surface area contributed by atoms with Crippen molar-refractivity contribution in [2.24, 2.45) is 5.41 Å². The SMILES string of the molecule is Cc1ccnc(NC2CC2(C)C)c1C(=O)O. The van der Waals surface area contributed by atoms with Crippen LogP contribution in [0, 0.1) is 12.3 Å². The zero-order valence-electron chi connectivity index (χ0n) is 9.74. The van der Waals surface area contributed by atoms with Crippen LogP contribution < -0.4 is 5.32 Å². The van der Waals surface area contributed by atoms with E-state index in [1.54, 1.807) is 19.2 Å². The van der Waals surface area contributed by atoms with Gasteiger partial charge in [-0.1, -0.05) is 13.8 Å². The fourth-order valence-corrected chi connectivity index (χ4v) is 1.82. The van der Waals surface area contributed by atoms with E-state index in [9.17, 15) is 4.79 Å². The standard InChI is InChI=1S/C12H16N2O2/c1-7-4-5-13-10(9(7)11(15)16)14-8-6-12(8,2)3/h4-5,8H,6H2,1-3H3,(H,13,14)(H,15,16). The number of hydrogen-bond donors (Lipinski definition) is 2. The van der Waals surface area contributed by atoms with Gasteiger partial charge in [-0.25, -0.2) is 9.78 Å². The van der Waals surface area contributed by atoms with Crippen LogP contribution in [0.1, 0.15) is 36.2 Å². The van der Waals surface area contributed by atoms with E-state index < -0.39 is 5.97 Å². The van der Waals surface area contributed by atoms with Crippen LogP contribution in [-0.4, -0.2) is 22.1 Å². The van der Waals surface area contributed by atoms with Gasteiger partial charge < -0.3 is 10.4 Å². The van der Waals surface area contributed by atoms with Gasteiger partial charge in [0, 0.05) is 12.2 Å². The summed E-state index contributed by atoms with van der Waals surface area (Å²) in [4.78, 5) is 15.2. The summed E-state index contributed by atoms with van der Waals surface area (Å²) in [7, 11) is 0. The van der Waals surface area contributed by atoms with Crippen LogP contribution in [0.5, 0.6) is 0 Å². The summed E-state index contributed by atoms with van der Waals surface area (Å²) in [5, 5.41) is 12.3. The third-order valence-corrected chi connectivity index (χ3v) is 3.20. The van der Waals surface area contributed by atoms with E-state index in [-0.39, 0.29) is 11.0 Å². The van der Waals surface area contributed by atoms with Crippen LogP contribution in [0.4, 0.5) is 5.82 Å². The minimum absolute atomic E-state index is 0.251. The van der Waals surface area contributed by atoms with Crippen LogP contribution in [0.2, 0.25) is 0 Å². The first kappa shape index (κ1) is 10.9. The van der Waals surface area contributed by atoms with Crippen molar-refractivity contribution in [2.75, 3.05) is 5.32 Å². The molecule has 4 heteroatoms. The topological polar surface area (TPSA) is 62.2 Å². The zero-order valence-corrected chi connectivity index (χ0v) is 9.74. The average molecular weight is 220 g/mol. The lowest BCUT2D eigenvalue weighted by Crippen LogP contribution is -2.14. The van der Waals surface area contributed by atoms with Crippen molar-refractivity contribution < 1.29 is 9.90 Å². The molecule has 1 aromatic heterocycles. The minimum Gasteiger partial charge on any atom is -0.478 e. The van der Waals surface area contributed by atoms with Crippen LogP contribution >= 0.6 is 0 Å². The second-order valence-electron chi connectivity index (χ2n) is 5.05. The highest BCUT2D eigenvalue weighted by molar-refractivity contribution is 5.94. The van der Waals surface area contributed by atoms with Gasteiger partial charge >= 0.3 is 5.97 Å². The molecule has 0 bridgehead atoms. The zero-order chi connectivity index (χ0) is 11.9. The monoisotopic (exact) mass is 220 g/mol. The Labute approximate surface area is 94.7 Å². The summed E-state index contributed by atoms with van der Waals surface area (Å²) < 4.78 is 0. The number of anilines is 1. The van der Waals surface area contributed by atoms with E-state index in [2.05, 4.69) is 24.1 Å². The molecular weight excluding hydrogens is 204 g/mol. The third-order valence-electron chi connectivity index (χ3n) is 3.20. The van der Waals surface area contributed by atoms with E-state index in [0.29, 0.717) is 11.9 Å². The predicted molar refractivity (Wildman–Crippen MR) is 61.7 cm³/mol. The fraction of sp³-hybridized carbons (Fsp3) is 0.500. The molecule has 16 heavy (non-hydrogen) atoms. The third kappa shape index (κ3) is 1.87. The molecule has 0 radical (unpaired) electrons. The number of aromatic carboxylic acids is 1. The van der Waals surface area contributed by atoms with Crippen LogP contribution in [0.15, 0.2) is 12.3 Å². The molecule has 1 atom stereocenters. The molecule has 86 valence electrons. The van der Waals surface area contributed by atoms with Gasteiger partial charge in [0.1, 0.15) is 11.4 Å². The van der Waals surface area contributed by atoms with Crippen molar-refractivity contribution in [3.63, 3.8) is 0 Å². The summed E-state index contributed by atoms with van der Waals surface area (Å²) in [6, 6.07) is 2.05. The van der Waals surface area contributed by atoms with Crippen molar-refractivity contribution in [1.82, 2.24) is 4.98 Å². The molecule has 0 spiro atoms. The first-order valence-corrected chi connectivity index (χ1v) is 5.37. The van der Waals surface area contributed by atoms with Gasteiger partial charge in [-0.05, 0) is 30.4 Å². The molecule has 1 aliphatic carbocycles. The second-order valence-corrected chi connectivity index (χ2v) is 5.05. The number of pyridine rings is 1. The molecule has 2 rings (SSSR count). The average Bonchev–Trinajstić information content (AvgIpc) is 2.72. The number of nitrogens with zero attached hydrogens (tertiary/aromatic N) is 1. The van der Waals surface area contributed by atoms with Crippen molar-refractivity contribution in [2.45, 2.75) is 33.2 Å². The molecule has 1 aromatic rings. The van der Waals surface area contributed by atoms with Gasteiger partial charge in [-0.15, -0.1) is 0 Å². The summed E-state index contributed by atoms with van der Waals surface area (Å²) in [5.41, 5.74) is 1.27. The Kier molecular flexibility index (Phi) is 2.37. The quantitative estimate of drug-likeness (QED) is 0.820. The van der Waals surface area contributed by atoms with Crippen molar-refractivity contribution in [1.29, 1.82) is 0 Å². The van der Waals surface area contributed by atoms with Gasteiger partial charge in [0.25, 0.3) is 0 Å². The van der Waals surface area contributed by atoms with Gasteiger partial charge in [0.15, 0.2) is 0 Å². The van der Waals surface area contributed by atoms with E-state index in [1.165, 1.54) is 0 Å². The Hall–Kier alpha value is -1.58. The Morgan fingerprint density at radius 2 is 2.25 bits per heavy atom. The number of nitrogens with one attached hydrogen (secondary N) is 1. The predicted octanol–water partition coefficient (Wildman–Crippen LogP) is 2.30. The molecule has 1 unspecified atom stereocenters. The first-order valence-electron chi connectivity index (χ1n) is 5.37. The number of rotatable bonds is 3. The van der Waals surface area contributed by atoms with Crippen molar-refractivity contribution in [3.05, 3.63) is 23.4 Å². The summed E-state index contributed by atoms with van der Waals surface area (Å²) in [6.45, 7) is 6.09. The number of hydrogen-bond acceptors (Lipinski definition) is 3. The lowest BCUT2D eigenvalue weighted by atomic mass is 10.1. The van der Waals surface area contributed by atoms with Crippen LogP contribution in [-0.2, 0) is 0 Å². The Morgan fingerprint density at radius 1 is 1.62 bits per heavy atom. The lowest BCUT2D eigenvalue weighted by Gasteiger charge is -2.11. The Bertz CT molecular complexity index is 441. The molecule has 1 fully saturated rings. The van der Waals surface area contributed by atoms with E-state index in [0.717, 1.165) is 12.0 Å². The van der Waals surface area contributed by atoms with Gasteiger partial charge in [0.2, 0.25) is 0 Å².